The number of hydrogen-bond acceptors (Lipinski definition) is 6. The molecule has 1 saturated heterocycles. The second kappa shape index (κ2) is 3.71. The fourth-order valence-corrected chi connectivity index (χ4v) is 1.30. The van der Waals surface area contributed by atoms with Crippen molar-refractivity contribution in [3.05, 3.63) is 5.89 Å². The Morgan fingerprint density at radius 3 is 3.15 bits per heavy atom. The van der Waals surface area contributed by atoms with E-state index in [2.05, 4.69) is 15.5 Å². The predicted molar refractivity (Wildman–Crippen MR) is 45.0 cm³/mol. The summed E-state index contributed by atoms with van der Waals surface area (Å²) in [6.45, 7) is 2.46. The lowest BCUT2D eigenvalue weighted by atomic mass is 10.2. The number of aromatic nitrogens is 2. The lowest BCUT2D eigenvalue weighted by molar-refractivity contribution is 0.0246. The fraction of sp³-hybridized carbons (Fsp3) is 0.714. The first kappa shape index (κ1) is 8.46. The maximum absolute atomic E-state index is 5.46. The van der Waals surface area contributed by atoms with E-state index in [0.29, 0.717) is 12.3 Å². The molecule has 0 bridgehead atoms. The average molecular weight is 184 g/mol. The predicted octanol–water partition coefficient (Wildman–Crippen LogP) is -0.817. The maximum atomic E-state index is 5.46. The SMILES string of the molecule is Nc1noc(CC2CNCCO2)n1. The Hall–Kier alpha value is -1.14. The van der Waals surface area contributed by atoms with Gasteiger partial charge < -0.3 is 20.3 Å². The van der Waals surface area contributed by atoms with Crippen molar-refractivity contribution in [2.75, 3.05) is 25.4 Å². The summed E-state index contributed by atoms with van der Waals surface area (Å²) in [7, 11) is 0. The zero-order chi connectivity index (χ0) is 9.10. The quantitative estimate of drug-likeness (QED) is 0.624. The van der Waals surface area contributed by atoms with Crippen molar-refractivity contribution in [3.8, 4) is 0 Å². The Kier molecular flexibility index (Phi) is 2.42. The number of morpholine rings is 1. The van der Waals surface area contributed by atoms with Gasteiger partial charge in [-0.25, -0.2) is 0 Å². The van der Waals surface area contributed by atoms with Gasteiger partial charge in [0.2, 0.25) is 5.89 Å². The van der Waals surface area contributed by atoms with E-state index >= 15 is 0 Å². The van der Waals surface area contributed by atoms with Crippen molar-refractivity contribution in [2.45, 2.75) is 12.5 Å². The third kappa shape index (κ3) is 2.16. The van der Waals surface area contributed by atoms with Crippen LogP contribution in [0.2, 0.25) is 0 Å². The normalized spacial score (nSPS) is 23.2. The van der Waals surface area contributed by atoms with Crippen molar-refractivity contribution in [1.29, 1.82) is 0 Å². The maximum Gasteiger partial charge on any atom is 0.260 e. The zero-order valence-corrected chi connectivity index (χ0v) is 7.19. The van der Waals surface area contributed by atoms with Gasteiger partial charge in [-0.3, -0.25) is 0 Å². The highest BCUT2D eigenvalue weighted by Gasteiger charge is 2.17. The lowest BCUT2D eigenvalue weighted by Gasteiger charge is -2.21. The molecule has 0 radical (unpaired) electrons. The van der Waals surface area contributed by atoms with E-state index in [1.165, 1.54) is 0 Å². The standard InChI is InChI=1S/C7H12N4O2/c8-7-10-6(13-11-7)3-5-4-9-1-2-12-5/h5,9H,1-4H2,(H2,8,11). The minimum atomic E-state index is 0.119. The third-order valence-electron chi connectivity index (χ3n) is 1.89. The van der Waals surface area contributed by atoms with Gasteiger partial charge in [-0.15, -0.1) is 0 Å². The molecule has 0 aromatic carbocycles. The number of nitrogens with one attached hydrogen (secondary N) is 1. The number of nitrogen functional groups attached to an aromatic ring is 1. The smallest absolute Gasteiger partial charge is 0.260 e. The van der Waals surface area contributed by atoms with Gasteiger partial charge >= 0.3 is 0 Å². The van der Waals surface area contributed by atoms with Gasteiger partial charge in [0.15, 0.2) is 0 Å². The molecule has 2 rings (SSSR count). The van der Waals surface area contributed by atoms with Crippen molar-refractivity contribution >= 4 is 5.95 Å². The van der Waals surface area contributed by atoms with E-state index in [9.17, 15) is 0 Å². The molecule has 13 heavy (non-hydrogen) atoms. The zero-order valence-electron chi connectivity index (χ0n) is 7.19. The monoisotopic (exact) mass is 184 g/mol. The van der Waals surface area contributed by atoms with E-state index in [-0.39, 0.29) is 12.1 Å². The Balaban J connectivity index is 1.89. The number of nitrogens with two attached hydrogens (primary N) is 1. The molecule has 1 aromatic rings. The average Bonchev–Trinajstić information content (AvgIpc) is 2.53. The molecule has 1 fully saturated rings. The van der Waals surface area contributed by atoms with Crippen LogP contribution in [0, 0.1) is 0 Å². The number of nitrogens with zero attached hydrogens (tertiary/aromatic N) is 2. The summed E-state index contributed by atoms with van der Waals surface area (Å²) in [4.78, 5) is 3.90. The van der Waals surface area contributed by atoms with Crippen LogP contribution < -0.4 is 11.1 Å². The van der Waals surface area contributed by atoms with Gasteiger partial charge in [0, 0.05) is 13.1 Å². The molecule has 0 amide bonds. The minimum Gasteiger partial charge on any atom is -0.375 e. The van der Waals surface area contributed by atoms with E-state index in [1.54, 1.807) is 0 Å². The molecular weight excluding hydrogens is 172 g/mol. The first-order valence-corrected chi connectivity index (χ1v) is 4.25. The highest BCUT2D eigenvalue weighted by Crippen LogP contribution is 2.06. The highest BCUT2D eigenvalue weighted by atomic mass is 16.5. The van der Waals surface area contributed by atoms with Gasteiger partial charge in [-0.1, -0.05) is 0 Å². The number of anilines is 1. The second-order valence-corrected chi connectivity index (χ2v) is 2.95. The highest BCUT2D eigenvalue weighted by molar-refractivity contribution is 5.10. The second-order valence-electron chi connectivity index (χ2n) is 2.95. The molecule has 6 heteroatoms. The van der Waals surface area contributed by atoms with Crippen LogP contribution in [0.3, 0.4) is 0 Å². The Morgan fingerprint density at radius 2 is 2.54 bits per heavy atom. The van der Waals surface area contributed by atoms with Crippen molar-refractivity contribution in [1.82, 2.24) is 15.5 Å². The molecular formula is C7H12N4O2. The van der Waals surface area contributed by atoms with E-state index in [4.69, 9.17) is 15.0 Å². The van der Waals surface area contributed by atoms with Crippen LogP contribution in [0.5, 0.6) is 0 Å². The summed E-state index contributed by atoms with van der Waals surface area (Å²) in [5.74, 6) is 0.713. The minimum absolute atomic E-state index is 0.119. The summed E-state index contributed by atoms with van der Waals surface area (Å²) in [5, 5.41) is 6.71. The Labute approximate surface area is 75.4 Å². The molecule has 1 aliphatic rings. The molecule has 6 nitrogen and oxygen atoms in total. The Bertz CT molecular complexity index is 269. The molecule has 0 saturated carbocycles. The van der Waals surface area contributed by atoms with Gasteiger partial charge in [-0.2, -0.15) is 4.98 Å². The molecule has 0 spiro atoms. The molecule has 0 aliphatic carbocycles. The first-order chi connectivity index (χ1) is 6.34. The summed E-state index contributed by atoms with van der Waals surface area (Å²) in [6.07, 6.45) is 0.741. The van der Waals surface area contributed by atoms with Crippen LogP contribution in [0.15, 0.2) is 4.52 Å². The van der Waals surface area contributed by atoms with Gasteiger partial charge in [0.05, 0.1) is 19.1 Å². The van der Waals surface area contributed by atoms with Crippen LogP contribution in [0.25, 0.3) is 0 Å². The van der Waals surface area contributed by atoms with Crippen molar-refractivity contribution in [3.63, 3.8) is 0 Å². The van der Waals surface area contributed by atoms with Crippen LogP contribution in [-0.2, 0) is 11.2 Å². The van der Waals surface area contributed by atoms with Crippen LogP contribution in [0.1, 0.15) is 5.89 Å². The van der Waals surface area contributed by atoms with E-state index < -0.39 is 0 Å². The summed E-state index contributed by atoms with van der Waals surface area (Å²) in [5.41, 5.74) is 5.31. The first-order valence-electron chi connectivity index (χ1n) is 4.25. The lowest BCUT2D eigenvalue weighted by Crippen LogP contribution is -2.39. The van der Waals surface area contributed by atoms with Crippen LogP contribution in [0.4, 0.5) is 5.95 Å². The van der Waals surface area contributed by atoms with Crippen molar-refractivity contribution in [2.24, 2.45) is 0 Å². The largest absolute Gasteiger partial charge is 0.375 e. The molecule has 3 N–H and O–H groups in total. The third-order valence-corrected chi connectivity index (χ3v) is 1.89. The molecule has 72 valence electrons. The number of rotatable bonds is 2. The van der Waals surface area contributed by atoms with Gasteiger partial charge in [0.1, 0.15) is 0 Å². The van der Waals surface area contributed by atoms with Crippen molar-refractivity contribution < 1.29 is 9.26 Å². The van der Waals surface area contributed by atoms with E-state index in [1.807, 2.05) is 0 Å². The summed E-state index contributed by atoms with van der Waals surface area (Å²) in [6, 6.07) is 0. The molecule has 1 aliphatic heterocycles. The summed E-state index contributed by atoms with van der Waals surface area (Å²) >= 11 is 0. The summed E-state index contributed by atoms with van der Waals surface area (Å²) < 4.78 is 10.3. The molecule has 1 aromatic heterocycles. The van der Waals surface area contributed by atoms with Crippen LogP contribution >= 0.6 is 0 Å². The molecule has 1 atom stereocenters. The molecule has 2 heterocycles. The van der Waals surface area contributed by atoms with Crippen LogP contribution in [-0.4, -0.2) is 35.9 Å². The topological polar surface area (TPSA) is 86.2 Å². The number of ether oxygens (including phenoxy) is 1. The van der Waals surface area contributed by atoms with E-state index in [0.717, 1.165) is 19.7 Å². The fourth-order valence-electron chi connectivity index (χ4n) is 1.30. The van der Waals surface area contributed by atoms with Gasteiger partial charge in [0.25, 0.3) is 5.95 Å². The van der Waals surface area contributed by atoms with Gasteiger partial charge in [-0.05, 0) is 5.16 Å². The molecule has 1 unspecified atom stereocenters. The Morgan fingerprint density at radius 1 is 1.62 bits per heavy atom. The number of hydrogen-bond donors (Lipinski definition) is 2.